The predicted octanol–water partition coefficient (Wildman–Crippen LogP) is 4.47. The molecule has 0 saturated carbocycles. The molecule has 0 fully saturated rings. The smallest absolute Gasteiger partial charge is 0.122 e. The highest BCUT2D eigenvalue weighted by atomic mass is 35.5. The first-order valence-corrected chi connectivity index (χ1v) is 6.83. The molecular formula is C14H14ClNOS. The van der Waals surface area contributed by atoms with Crippen molar-refractivity contribution in [3.63, 3.8) is 0 Å². The van der Waals surface area contributed by atoms with Gasteiger partial charge in [0, 0.05) is 26.6 Å². The van der Waals surface area contributed by atoms with E-state index in [0.29, 0.717) is 12.3 Å². The first-order chi connectivity index (χ1) is 8.67. The predicted molar refractivity (Wildman–Crippen MR) is 77.6 cm³/mol. The first kappa shape index (κ1) is 13.1. The number of hydrogen-bond acceptors (Lipinski definition) is 3. The van der Waals surface area contributed by atoms with E-state index >= 15 is 0 Å². The molecule has 0 atom stereocenters. The van der Waals surface area contributed by atoms with E-state index < -0.39 is 0 Å². The zero-order valence-corrected chi connectivity index (χ0v) is 11.6. The largest absolute Gasteiger partial charge is 0.494 e. The van der Waals surface area contributed by atoms with E-state index in [-0.39, 0.29) is 0 Å². The molecule has 2 aromatic carbocycles. The van der Waals surface area contributed by atoms with Crippen molar-refractivity contribution in [1.82, 2.24) is 0 Å². The number of halogens is 1. The van der Waals surface area contributed by atoms with E-state index in [9.17, 15) is 0 Å². The average molecular weight is 280 g/mol. The van der Waals surface area contributed by atoms with Gasteiger partial charge in [-0.25, -0.2) is 0 Å². The Morgan fingerprint density at radius 2 is 1.83 bits per heavy atom. The number of benzene rings is 2. The summed E-state index contributed by atoms with van der Waals surface area (Å²) in [6, 6.07) is 13.5. The minimum atomic E-state index is 0.633. The van der Waals surface area contributed by atoms with E-state index in [1.165, 1.54) is 0 Å². The summed E-state index contributed by atoms with van der Waals surface area (Å²) in [4.78, 5) is 2.17. The standard InChI is InChI=1S/C14H14ClNOS/c1-2-17-12-7-11(16)8-14(9-12)18-13-5-3-10(15)4-6-13/h3-9H,2,16H2,1H3. The third kappa shape index (κ3) is 3.59. The highest BCUT2D eigenvalue weighted by Crippen LogP contribution is 2.32. The maximum Gasteiger partial charge on any atom is 0.122 e. The summed E-state index contributed by atoms with van der Waals surface area (Å²) in [7, 11) is 0. The Morgan fingerprint density at radius 3 is 2.50 bits per heavy atom. The number of nitrogens with two attached hydrogens (primary N) is 1. The fourth-order valence-corrected chi connectivity index (χ4v) is 2.58. The number of rotatable bonds is 4. The molecule has 4 heteroatoms. The Kier molecular flexibility index (Phi) is 4.39. The van der Waals surface area contributed by atoms with Gasteiger partial charge in [-0.05, 0) is 43.3 Å². The van der Waals surface area contributed by atoms with Gasteiger partial charge in [0.1, 0.15) is 5.75 Å². The van der Waals surface area contributed by atoms with E-state index in [1.807, 2.05) is 49.4 Å². The van der Waals surface area contributed by atoms with Gasteiger partial charge < -0.3 is 10.5 Å². The van der Waals surface area contributed by atoms with Crippen LogP contribution in [0.1, 0.15) is 6.92 Å². The molecule has 0 saturated heterocycles. The summed E-state index contributed by atoms with van der Waals surface area (Å²) in [5, 5.41) is 0.738. The monoisotopic (exact) mass is 279 g/mol. The minimum Gasteiger partial charge on any atom is -0.494 e. The van der Waals surface area contributed by atoms with Crippen LogP contribution in [0.4, 0.5) is 5.69 Å². The molecule has 2 N–H and O–H groups in total. The quantitative estimate of drug-likeness (QED) is 0.839. The van der Waals surface area contributed by atoms with Crippen molar-refractivity contribution in [1.29, 1.82) is 0 Å². The van der Waals surface area contributed by atoms with Gasteiger partial charge in [-0.15, -0.1) is 0 Å². The van der Waals surface area contributed by atoms with Gasteiger partial charge in [-0.1, -0.05) is 23.4 Å². The third-order valence-corrected chi connectivity index (χ3v) is 3.49. The summed E-state index contributed by atoms with van der Waals surface area (Å²) in [6.45, 7) is 2.59. The normalized spacial score (nSPS) is 10.3. The molecule has 0 aliphatic carbocycles. The molecular weight excluding hydrogens is 266 g/mol. The average Bonchev–Trinajstić information content (AvgIpc) is 2.32. The second kappa shape index (κ2) is 6.03. The Morgan fingerprint density at radius 1 is 1.11 bits per heavy atom. The van der Waals surface area contributed by atoms with Gasteiger partial charge in [0.25, 0.3) is 0 Å². The van der Waals surface area contributed by atoms with Crippen LogP contribution in [0.15, 0.2) is 52.3 Å². The molecule has 0 unspecified atom stereocenters. The van der Waals surface area contributed by atoms with Crippen LogP contribution in [0.2, 0.25) is 5.02 Å². The van der Waals surface area contributed by atoms with E-state index in [1.54, 1.807) is 11.8 Å². The molecule has 0 heterocycles. The maximum atomic E-state index is 5.86. The fourth-order valence-electron chi connectivity index (χ4n) is 1.54. The van der Waals surface area contributed by atoms with Crippen LogP contribution in [-0.4, -0.2) is 6.61 Å². The van der Waals surface area contributed by atoms with Gasteiger partial charge in [-0.3, -0.25) is 0 Å². The zero-order valence-electron chi connectivity index (χ0n) is 10.0. The lowest BCUT2D eigenvalue weighted by Crippen LogP contribution is -1.93. The van der Waals surface area contributed by atoms with Crippen molar-refractivity contribution >= 4 is 29.1 Å². The van der Waals surface area contributed by atoms with Crippen LogP contribution < -0.4 is 10.5 Å². The second-order valence-electron chi connectivity index (χ2n) is 3.73. The van der Waals surface area contributed by atoms with Gasteiger partial charge in [0.05, 0.1) is 6.61 Å². The summed E-state index contributed by atoms with van der Waals surface area (Å²) in [5.74, 6) is 0.800. The van der Waals surface area contributed by atoms with Gasteiger partial charge in [0.15, 0.2) is 0 Å². The Hall–Kier alpha value is -1.32. The molecule has 0 aliphatic rings. The van der Waals surface area contributed by atoms with Crippen molar-refractivity contribution in [2.75, 3.05) is 12.3 Å². The van der Waals surface area contributed by atoms with E-state index in [2.05, 4.69) is 0 Å². The van der Waals surface area contributed by atoms with Crippen molar-refractivity contribution in [3.05, 3.63) is 47.5 Å². The number of ether oxygens (including phenoxy) is 1. The Bertz CT molecular complexity index is 528. The molecule has 2 aromatic rings. The Balaban J connectivity index is 2.20. The maximum absolute atomic E-state index is 5.86. The summed E-state index contributed by atoms with van der Waals surface area (Å²) in [6.07, 6.45) is 0. The molecule has 0 aromatic heterocycles. The first-order valence-electron chi connectivity index (χ1n) is 5.64. The molecule has 0 spiro atoms. The molecule has 0 aliphatic heterocycles. The van der Waals surface area contributed by atoms with Crippen LogP contribution in [-0.2, 0) is 0 Å². The van der Waals surface area contributed by atoms with Crippen LogP contribution in [0.5, 0.6) is 5.75 Å². The van der Waals surface area contributed by atoms with Crippen molar-refractivity contribution < 1.29 is 4.74 Å². The third-order valence-electron chi connectivity index (χ3n) is 2.26. The van der Waals surface area contributed by atoms with Crippen LogP contribution in [0.3, 0.4) is 0 Å². The van der Waals surface area contributed by atoms with E-state index in [4.69, 9.17) is 22.1 Å². The summed E-state index contributed by atoms with van der Waals surface area (Å²) >= 11 is 7.49. The molecule has 2 rings (SSSR count). The zero-order chi connectivity index (χ0) is 13.0. The van der Waals surface area contributed by atoms with Crippen LogP contribution >= 0.6 is 23.4 Å². The fraction of sp³-hybridized carbons (Fsp3) is 0.143. The highest BCUT2D eigenvalue weighted by molar-refractivity contribution is 7.99. The highest BCUT2D eigenvalue weighted by Gasteiger charge is 2.02. The molecule has 18 heavy (non-hydrogen) atoms. The molecule has 2 nitrogen and oxygen atoms in total. The van der Waals surface area contributed by atoms with Gasteiger partial charge in [0.2, 0.25) is 0 Å². The summed E-state index contributed by atoms with van der Waals surface area (Å²) in [5.41, 5.74) is 6.56. The number of hydrogen-bond donors (Lipinski definition) is 1. The molecule has 0 amide bonds. The minimum absolute atomic E-state index is 0.633. The lowest BCUT2D eigenvalue weighted by atomic mass is 10.3. The van der Waals surface area contributed by atoms with Gasteiger partial charge >= 0.3 is 0 Å². The lowest BCUT2D eigenvalue weighted by Gasteiger charge is -2.08. The second-order valence-corrected chi connectivity index (χ2v) is 5.31. The molecule has 0 bridgehead atoms. The van der Waals surface area contributed by atoms with Crippen LogP contribution in [0, 0.1) is 0 Å². The number of anilines is 1. The van der Waals surface area contributed by atoms with E-state index in [0.717, 1.165) is 20.6 Å². The summed E-state index contributed by atoms with van der Waals surface area (Å²) < 4.78 is 5.47. The number of nitrogen functional groups attached to an aromatic ring is 1. The molecule has 94 valence electrons. The van der Waals surface area contributed by atoms with Crippen molar-refractivity contribution in [2.24, 2.45) is 0 Å². The molecule has 0 radical (unpaired) electrons. The SMILES string of the molecule is CCOc1cc(N)cc(Sc2ccc(Cl)cc2)c1. The van der Waals surface area contributed by atoms with Gasteiger partial charge in [-0.2, -0.15) is 0 Å². The van der Waals surface area contributed by atoms with Crippen molar-refractivity contribution in [3.8, 4) is 5.75 Å². The van der Waals surface area contributed by atoms with Crippen LogP contribution in [0.25, 0.3) is 0 Å². The topological polar surface area (TPSA) is 35.2 Å². The Labute approximate surface area is 116 Å². The lowest BCUT2D eigenvalue weighted by molar-refractivity contribution is 0.339. The van der Waals surface area contributed by atoms with Crippen molar-refractivity contribution in [2.45, 2.75) is 16.7 Å².